The van der Waals surface area contributed by atoms with Gasteiger partial charge < -0.3 is 10.6 Å². The van der Waals surface area contributed by atoms with Gasteiger partial charge >= 0.3 is 0 Å². The first-order chi connectivity index (χ1) is 6.02. The van der Waals surface area contributed by atoms with Gasteiger partial charge in [-0.25, -0.2) is 0 Å². The number of β-lactam (4-membered cyclic amide) rings is 1. The summed E-state index contributed by atoms with van der Waals surface area (Å²) in [6.45, 7) is 3.27. The van der Waals surface area contributed by atoms with Gasteiger partial charge in [0.2, 0.25) is 5.91 Å². The molecule has 1 fully saturated rings. The number of likely N-dealkylation sites (tertiary alicyclic amines) is 1. The van der Waals surface area contributed by atoms with Crippen molar-refractivity contribution < 1.29 is 9.00 Å². The SMILES string of the molecule is CC(CCN1CC(N)C1=O)S(C)=O. The van der Waals surface area contributed by atoms with Gasteiger partial charge in [-0.2, -0.15) is 0 Å². The van der Waals surface area contributed by atoms with Crippen LogP contribution in [0.4, 0.5) is 0 Å². The number of rotatable bonds is 4. The molecular formula is C8H16N2O2S. The lowest BCUT2D eigenvalue weighted by Crippen LogP contribution is -2.61. The summed E-state index contributed by atoms with van der Waals surface area (Å²) in [4.78, 5) is 12.8. The van der Waals surface area contributed by atoms with Crippen molar-refractivity contribution in [1.82, 2.24) is 4.90 Å². The molecule has 13 heavy (non-hydrogen) atoms. The van der Waals surface area contributed by atoms with Gasteiger partial charge in [0, 0.05) is 35.4 Å². The maximum absolute atomic E-state index is 11.1. The highest BCUT2D eigenvalue weighted by atomic mass is 32.2. The van der Waals surface area contributed by atoms with E-state index in [2.05, 4.69) is 0 Å². The minimum absolute atomic E-state index is 0.0223. The first-order valence-electron chi connectivity index (χ1n) is 4.39. The van der Waals surface area contributed by atoms with E-state index < -0.39 is 10.8 Å². The second kappa shape index (κ2) is 4.19. The van der Waals surface area contributed by atoms with E-state index >= 15 is 0 Å². The fourth-order valence-corrected chi connectivity index (χ4v) is 1.67. The molecule has 0 radical (unpaired) electrons. The average molecular weight is 204 g/mol. The Morgan fingerprint density at radius 1 is 1.77 bits per heavy atom. The van der Waals surface area contributed by atoms with Crippen LogP contribution in [0.2, 0.25) is 0 Å². The third kappa shape index (κ3) is 2.51. The molecule has 0 bridgehead atoms. The van der Waals surface area contributed by atoms with Gasteiger partial charge in [0.25, 0.3) is 0 Å². The van der Waals surface area contributed by atoms with Gasteiger partial charge in [-0.3, -0.25) is 9.00 Å². The zero-order valence-corrected chi connectivity index (χ0v) is 8.84. The van der Waals surface area contributed by atoms with Crippen molar-refractivity contribution in [3.63, 3.8) is 0 Å². The number of hydrogen-bond acceptors (Lipinski definition) is 3. The van der Waals surface area contributed by atoms with Crippen LogP contribution in [0.1, 0.15) is 13.3 Å². The number of hydrogen-bond donors (Lipinski definition) is 1. The predicted octanol–water partition coefficient (Wildman–Crippen LogP) is -0.687. The van der Waals surface area contributed by atoms with Gasteiger partial charge in [0.1, 0.15) is 6.04 Å². The molecule has 0 aliphatic carbocycles. The van der Waals surface area contributed by atoms with Crippen LogP contribution in [0.25, 0.3) is 0 Å². The third-order valence-corrected chi connectivity index (χ3v) is 3.79. The Balaban J connectivity index is 2.21. The molecule has 1 saturated heterocycles. The maximum Gasteiger partial charge on any atom is 0.241 e. The van der Waals surface area contributed by atoms with Crippen molar-refractivity contribution in [2.24, 2.45) is 5.73 Å². The fourth-order valence-electron chi connectivity index (χ4n) is 1.23. The Bertz CT molecular complexity index is 232. The van der Waals surface area contributed by atoms with Crippen LogP contribution < -0.4 is 5.73 Å². The summed E-state index contributed by atoms with van der Waals surface area (Å²) in [6.07, 6.45) is 2.48. The van der Waals surface area contributed by atoms with Crippen LogP contribution in [0.3, 0.4) is 0 Å². The minimum atomic E-state index is -0.794. The number of carbonyl (C=O) groups is 1. The molecule has 0 spiro atoms. The molecule has 1 aliphatic rings. The van der Waals surface area contributed by atoms with Crippen molar-refractivity contribution in [2.75, 3.05) is 19.3 Å². The zero-order valence-electron chi connectivity index (χ0n) is 8.03. The van der Waals surface area contributed by atoms with E-state index in [-0.39, 0.29) is 17.2 Å². The van der Waals surface area contributed by atoms with Gasteiger partial charge in [-0.15, -0.1) is 0 Å². The Labute approximate surface area is 80.9 Å². The molecule has 3 unspecified atom stereocenters. The summed E-state index contributed by atoms with van der Waals surface area (Å²) in [5, 5.41) is 0.157. The number of nitrogens with zero attached hydrogens (tertiary/aromatic N) is 1. The molecule has 1 aliphatic heterocycles. The molecule has 76 valence electrons. The van der Waals surface area contributed by atoms with E-state index in [4.69, 9.17) is 5.73 Å². The van der Waals surface area contributed by atoms with Gasteiger partial charge in [0.15, 0.2) is 0 Å². The summed E-state index contributed by atoms with van der Waals surface area (Å²) >= 11 is 0. The second-order valence-corrected chi connectivity index (χ2v) is 5.29. The maximum atomic E-state index is 11.1. The van der Waals surface area contributed by atoms with Crippen molar-refractivity contribution in [3.8, 4) is 0 Å². The molecule has 0 aromatic rings. The summed E-state index contributed by atoms with van der Waals surface area (Å²) in [6, 6.07) is -0.289. The number of amides is 1. The Morgan fingerprint density at radius 2 is 2.38 bits per heavy atom. The molecule has 0 saturated carbocycles. The molecule has 0 aromatic carbocycles. The molecular weight excluding hydrogens is 188 g/mol. The Kier molecular flexibility index (Phi) is 3.44. The molecule has 5 heteroatoms. The molecule has 0 aromatic heterocycles. The minimum Gasteiger partial charge on any atom is -0.339 e. The topological polar surface area (TPSA) is 63.4 Å². The van der Waals surface area contributed by atoms with Crippen LogP contribution in [0.15, 0.2) is 0 Å². The fraction of sp³-hybridized carbons (Fsp3) is 0.875. The normalized spacial score (nSPS) is 26.8. The summed E-state index contributed by atoms with van der Waals surface area (Å²) in [7, 11) is -0.794. The van der Waals surface area contributed by atoms with Crippen LogP contribution in [-0.2, 0) is 15.6 Å². The molecule has 1 amide bonds. The lowest BCUT2D eigenvalue weighted by Gasteiger charge is -2.36. The van der Waals surface area contributed by atoms with Crippen LogP contribution in [0.5, 0.6) is 0 Å². The molecule has 1 heterocycles. The van der Waals surface area contributed by atoms with Crippen molar-refractivity contribution in [2.45, 2.75) is 24.6 Å². The van der Waals surface area contributed by atoms with E-state index in [1.807, 2.05) is 6.92 Å². The first-order valence-corrected chi connectivity index (χ1v) is 6.01. The Morgan fingerprint density at radius 3 is 2.77 bits per heavy atom. The van der Waals surface area contributed by atoms with E-state index in [0.29, 0.717) is 13.1 Å². The van der Waals surface area contributed by atoms with Gasteiger partial charge in [0.05, 0.1) is 0 Å². The van der Waals surface area contributed by atoms with Crippen LogP contribution in [0, 0.1) is 0 Å². The Hall–Kier alpha value is -0.420. The lowest BCUT2D eigenvalue weighted by molar-refractivity contribution is -0.142. The third-order valence-electron chi connectivity index (χ3n) is 2.42. The lowest BCUT2D eigenvalue weighted by atomic mass is 10.1. The zero-order chi connectivity index (χ0) is 10.0. The van der Waals surface area contributed by atoms with E-state index in [1.54, 1.807) is 11.2 Å². The highest BCUT2D eigenvalue weighted by Crippen LogP contribution is 2.10. The molecule has 2 N–H and O–H groups in total. The summed E-state index contributed by atoms with van der Waals surface area (Å²) in [5.41, 5.74) is 5.43. The van der Waals surface area contributed by atoms with Crippen molar-refractivity contribution >= 4 is 16.7 Å². The van der Waals surface area contributed by atoms with Crippen LogP contribution in [-0.4, -0.2) is 45.7 Å². The summed E-state index contributed by atoms with van der Waals surface area (Å²) in [5.74, 6) is 0.0223. The van der Waals surface area contributed by atoms with E-state index in [0.717, 1.165) is 6.42 Å². The second-order valence-electron chi connectivity index (χ2n) is 3.49. The highest BCUT2D eigenvalue weighted by Gasteiger charge is 2.32. The molecule has 3 atom stereocenters. The largest absolute Gasteiger partial charge is 0.339 e. The molecule has 4 nitrogen and oxygen atoms in total. The standard InChI is InChI=1S/C8H16N2O2S/c1-6(13(2)12)3-4-10-5-7(9)8(10)11/h6-7H,3-5,9H2,1-2H3. The van der Waals surface area contributed by atoms with Crippen molar-refractivity contribution in [1.29, 1.82) is 0 Å². The average Bonchev–Trinajstić information content (AvgIpc) is 2.10. The van der Waals surface area contributed by atoms with E-state index in [1.165, 1.54) is 0 Å². The first kappa shape index (κ1) is 10.7. The smallest absolute Gasteiger partial charge is 0.241 e. The number of carbonyl (C=O) groups excluding carboxylic acids is 1. The molecule has 1 rings (SSSR count). The summed E-state index contributed by atoms with van der Waals surface area (Å²) < 4.78 is 11.0. The number of nitrogens with two attached hydrogens (primary N) is 1. The monoisotopic (exact) mass is 204 g/mol. The highest BCUT2D eigenvalue weighted by molar-refractivity contribution is 7.84. The van der Waals surface area contributed by atoms with Gasteiger partial charge in [-0.05, 0) is 6.42 Å². The van der Waals surface area contributed by atoms with Gasteiger partial charge in [-0.1, -0.05) is 6.92 Å². The predicted molar refractivity (Wildman–Crippen MR) is 52.7 cm³/mol. The van der Waals surface area contributed by atoms with Crippen LogP contribution >= 0.6 is 0 Å². The van der Waals surface area contributed by atoms with Crippen molar-refractivity contribution in [3.05, 3.63) is 0 Å². The quantitative estimate of drug-likeness (QED) is 0.617. The van der Waals surface area contributed by atoms with E-state index in [9.17, 15) is 9.00 Å².